The molecular weight excluding hydrogens is 177 g/mol. The fraction of sp³-hybridized carbons (Fsp3) is 0.714. The first-order chi connectivity index (χ1) is 5.02. The Morgan fingerprint density at radius 2 is 2.00 bits per heavy atom. The van der Waals surface area contributed by atoms with Crippen molar-refractivity contribution in [1.82, 2.24) is 0 Å². The smallest absolute Gasteiger partial charge is 0.171 e. The summed E-state index contributed by atoms with van der Waals surface area (Å²) in [7, 11) is 0. The van der Waals surface area contributed by atoms with Crippen molar-refractivity contribution in [3.63, 3.8) is 0 Å². The molecule has 0 radical (unpaired) electrons. The largest absolute Gasteiger partial charge is 0.393 e. The minimum absolute atomic E-state index is 0.119. The normalized spacial score (nSPS) is 32.4. The Kier molecular flexibility index (Phi) is 2.47. The van der Waals surface area contributed by atoms with E-state index in [2.05, 4.69) is 0 Å². The minimum Gasteiger partial charge on any atom is -0.171 e. The van der Waals surface area contributed by atoms with Crippen molar-refractivity contribution in [3.05, 3.63) is 12.2 Å². The molecule has 0 aromatic heterocycles. The van der Waals surface area contributed by atoms with Gasteiger partial charge in [0.2, 0.25) is 0 Å². The van der Waals surface area contributed by atoms with Gasteiger partial charge in [-0.05, 0) is 12.8 Å². The molecule has 11 heavy (non-hydrogen) atoms. The van der Waals surface area contributed by atoms with E-state index in [1.54, 1.807) is 6.08 Å². The summed E-state index contributed by atoms with van der Waals surface area (Å²) in [6.45, 7) is 0. The van der Waals surface area contributed by atoms with Gasteiger partial charge in [-0.1, -0.05) is 12.2 Å². The van der Waals surface area contributed by atoms with E-state index in [4.69, 9.17) is 11.6 Å². The van der Waals surface area contributed by atoms with Crippen molar-refractivity contribution in [2.24, 2.45) is 5.92 Å². The van der Waals surface area contributed by atoms with Crippen molar-refractivity contribution in [2.45, 2.75) is 24.4 Å². The van der Waals surface area contributed by atoms with Crippen LogP contribution in [-0.2, 0) is 0 Å². The van der Waals surface area contributed by atoms with Gasteiger partial charge in [-0.25, -0.2) is 0 Å². The van der Waals surface area contributed by atoms with E-state index in [-0.39, 0.29) is 6.42 Å². The maximum atomic E-state index is 12.1. The van der Waals surface area contributed by atoms with Crippen LogP contribution >= 0.6 is 11.6 Å². The van der Waals surface area contributed by atoms with E-state index in [0.29, 0.717) is 6.42 Å². The van der Waals surface area contributed by atoms with Crippen LogP contribution in [-0.4, -0.2) is 11.6 Å². The summed E-state index contributed by atoms with van der Waals surface area (Å²) >= 11 is 5.46. The Morgan fingerprint density at radius 3 is 2.36 bits per heavy atom. The molecule has 0 heterocycles. The summed E-state index contributed by atoms with van der Waals surface area (Å²) in [6, 6.07) is 0. The molecule has 0 aromatic carbocycles. The number of hydrogen-bond acceptors (Lipinski definition) is 0. The number of halogens is 4. The number of rotatable bonds is 0. The van der Waals surface area contributed by atoms with Crippen molar-refractivity contribution >= 4 is 11.6 Å². The summed E-state index contributed by atoms with van der Waals surface area (Å²) in [5.74, 6) is -1.35. The predicted molar refractivity (Wildman–Crippen MR) is 37.6 cm³/mol. The van der Waals surface area contributed by atoms with E-state index in [1.807, 2.05) is 0 Å². The molecule has 4 heteroatoms. The summed E-state index contributed by atoms with van der Waals surface area (Å²) in [4.78, 5) is 0. The zero-order valence-corrected chi connectivity index (χ0v) is 6.49. The summed E-state index contributed by atoms with van der Waals surface area (Å²) in [5, 5.41) is -0.872. The third kappa shape index (κ3) is 2.12. The lowest BCUT2D eigenvalue weighted by atomic mass is 9.93. The molecule has 2 unspecified atom stereocenters. The monoisotopic (exact) mass is 184 g/mol. The molecule has 64 valence electrons. The van der Waals surface area contributed by atoms with Gasteiger partial charge < -0.3 is 0 Å². The van der Waals surface area contributed by atoms with Crippen LogP contribution in [0.2, 0.25) is 0 Å². The molecule has 0 aliphatic heterocycles. The van der Waals surface area contributed by atoms with Crippen LogP contribution in [0.4, 0.5) is 13.2 Å². The van der Waals surface area contributed by atoms with Gasteiger partial charge in [-0.3, -0.25) is 0 Å². The van der Waals surface area contributed by atoms with Gasteiger partial charge in [-0.2, -0.15) is 13.2 Å². The lowest BCUT2D eigenvalue weighted by molar-refractivity contribution is -0.174. The molecule has 0 saturated heterocycles. The fourth-order valence-corrected chi connectivity index (χ4v) is 1.51. The predicted octanol–water partition coefficient (Wildman–Crippen LogP) is 3.12. The molecule has 0 amide bonds. The molecule has 0 bridgehead atoms. The number of alkyl halides is 4. The van der Waals surface area contributed by atoms with Gasteiger partial charge in [0, 0.05) is 0 Å². The number of allylic oxidation sites excluding steroid dienone is 2. The Bertz CT molecular complexity index is 162. The van der Waals surface area contributed by atoms with Crippen LogP contribution in [0.5, 0.6) is 0 Å². The standard InChI is InChI=1S/C7H8ClF3/c8-6-4-2-1-3-5(6)7(9,10)11/h2,4-6H,1,3H2. The van der Waals surface area contributed by atoms with Gasteiger partial charge in [0.25, 0.3) is 0 Å². The van der Waals surface area contributed by atoms with E-state index < -0.39 is 17.5 Å². The first kappa shape index (κ1) is 8.91. The van der Waals surface area contributed by atoms with Gasteiger partial charge in [0.05, 0.1) is 11.3 Å². The van der Waals surface area contributed by atoms with Crippen LogP contribution in [0.1, 0.15) is 12.8 Å². The zero-order valence-electron chi connectivity index (χ0n) is 5.74. The van der Waals surface area contributed by atoms with Crippen LogP contribution in [0.25, 0.3) is 0 Å². The summed E-state index contributed by atoms with van der Waals surface area (Å²) in [5.41, 5.74) is 0. The molecule has 0 saturated carbocycles. The molecule has 0 fully saturated rings. The Morgan fingerprint density at radius 1 is 1.36 bits per heavy atom. The Labute approximate surface area is 68.0 Å². The molecule has 1 aliphatic rings. The zero-order chi connectivity index (χ0) is 8.48. The molecule has 0 aromatic rings. The average Bonchev–Trinajstić information content (AvgIpc) is 1.86. The highest BCUT2D eigenvalue weighted by atomic mass is 35.5. The molecule has 2 atom stereocenters. The lowest BCUT2D eigenvalue weighted by Gasteiger charge is -2.24. The molecule has 1 aliphatic carbocycles. The van der Waals surface area contributed by atoms with Crippen molar-refractivity contribution in [2.75, 3.05) is 0 Å². The Hall–Kier alpha value is -0.180. The minimum atomic E-state index is -4.14. The lowest BCUT2D eigenvalue weighted by Crippen LogP contribution is -2.31. The highest BCUT2D eigenvalue weighted by Gasteiger charge is 2.43. The average molecular weight is 185 g/mol. The van der Waals surface area contributed by atoms with Gasteiger partial charge >= 0.3 is 6.18 Å². The second kappa shape index (κ2) is 3.05. The SMILES string of the molecule is FC(F)(F)C1CCC=CC1Cl. The highest BCUT2D eigenvalue weighted by Crippen LogP contribution is 2.37. The third-order valence-electron chi connectivity index (χ3n) is 1.77. The summed E-state index contributed by atoms with van der Waals surface area (Å²) in [6.07, 6.45) is -0.429. The second-order valence-electron chi connectivity index (χ2n) is 2.60. The van der Waals surface area contributed by atoms with Crippen LogP contribution in [0.3, 0.4) is 0 Å². The molecule has 0 N–H and O–H groups in total. The van der Waals surface area contributed by atoms with Gasteiger partial charge in [0.1, 0.15) is 0 Å². The molecule has 0 spiro atoms. The second-order valence-corrected chi connectivity index (χ2v) is 3.10. The van der Waals surface area contributed by atoms with Crippen molar-refractivity contribution < 1.29 is 13.2 Å². The molecular formula is C7H8ClF3. The van der Waals surface area contributed by atoms with Gasteiger partial charge in [-0.15, -0.1) is 11.6 Å². The van der Waals surface area contributed by atoms with Crippen LogP contribution in [0, 0.1) is 5.92 Å². The fourth-order valence-electron chi connectivity index (χ4n) is 1.14. The van der Waals surface area contributed by atoms with Gasteiger partial charge in [0.15, 0.2) is 0 Å². The first-order valence-electron chi connectivity index (χ1n) is 3.39. The molecule has 1 rings (SSSR count). The maximum Gasteiger partial charge on any atom is 0.393 e. The van der Waals surface area contributed by atoms with Crippen LogP contribution < -0.4 is 0 Å². The quantitative estimate of drug-likeness (QED) is 0.401. The number of hydrogen-bond donors (Lipinski definition) is 0. The third-order valence-corrected chi connectivity index (χ3v) is 2.22. The van der Waals surface area contributed by atoms with Crippen LogP contribution in [0.15, 0.2) is 12.2 Å². The Balaban J connectivity index is 2.65. The molecule has 0 nitrogen and oxygen atoms in total. The maximum absolute atomic E-state index is 12.1. The van der Waals surface area contributed by atoms with Crippen molar-refractivity contribution in [1.29, 1.82) is 0 Å². The summed E-state index contributed by atoms with van der Waals surface area (Å²) < 4.78 is 36.2. The van der Waals surface area contributed by atoms with E-state index in [0.717, 1.165) is 0 Å². The van der Waals surface area contributed by atoms with E-state index >= 15 is 0 Å². The van der Waals surface area contributed by atoms with E-state index in [9.17, 15) is 13.2 Å². The topological polar surface area (TPSA) is 0 Å². The highest BCUT2D eigenvalue weighted by molar-refractivity contribution is 6.22. The van der Waals surface area contributed by atoms with E-state index in [1.165, 1.54) is 6.08 Å². The van der Waals surface area contributed by atoms with Crippen molar-refractivity contribution in [3.8, 4) is 0 Å². The first-order valence-corrected chi connectivity index (χ1v) is 3.83.